The van der Waals surface area contributed by atoms with Gasteiger partial charge >= 0.3 is 0 Å². The maximum atomic E-state index is 12.0. The Balaban J connectivity index is 2.35. The Hall–Kier alpha value is -1.81. The third-order valence-electron chi connectivity index (χ3n) is 3.11. The number of aromatic nitrogens is 2. The lowest BCUT2D eigenvalue weighted by Gasteiger charge is -2.09. The Labute approximate surface area is 129 Å². The first-order valence-corrected chi connectivity index (χ1v) is 7.63. The van der Waals surface area contributed by atoms with E-state index >= 15 is 0 Å². The van der Waals surface area contributed by atoms with Gasteiger partial charge in [0.1, 0.15) is 5.75 Å². The van der Waals surface area contributed by atoms with Gasteiger partial charge in [0.2, 0.25) is 0 Å². The molecule has 1 aromatic carbocycles. The van der Waals surface area contributed by atoms with E-state index in [1.54, 1.807) is 6.07 Å². The summed E-state index contributed by atoms with van der Waals surface area (Å²) in [4.78, 5) is 12.0. The highest BCUT2D eigenvalue weighted by atomic mass is 35.5. The van der Waals surface area contributed by atoms with Crippen LogP contribution in [-0.2, 0) is 12.4 Å². The van der Waals surface area contributed by atoms with Gasteiger partial charge in [-0.25, -0.2) is 4.68 Å². The minimum absolute atomic E-state index is 0.126. The quantitative estimate of drug-likeness (QED) is 0.768. The summed E-state index contributed by atoms with van der Waals surface area (Å²) < 4.78 is 7.00. The second-order valence-electron chi connectivity index (χ2n) is 4.68. The minimum Gasteiger partial charge on any atom is -0.494 e. The van der Waals surface area contributed by atoms with Crippen LogP contribution in [-0.4, -0.2) is 16.4 Å². The van der Waals surface area contributed by atoms with Gasteiger partial charge in [0.05, 0.1) is 18.2 Å². The van der Waals surface area contributed by atoms with Crippen LogP contribution in [0.2, 0.25) is 0 Å². The van der Waals surface area contributed by atoms with Crippen LogP contribution >= 0.6 is 11.6 Å². The summed E-state index contributed by atoms with van der Waals surface area (Å²) in [5, 5.41) is 4.37. The van der Waals surface area contributed by atoms with Crippen molar-refractivity contribution in [3.63, 3.8) is 0 Å². The van der Waals surface area contributed by atoms with Gasteiger partial charge in [-0.3, -0.25) is 4.79 Å². The fourth-order valence-electron chi connectivity index (χ4n) is 1.99. The fourth-order valence-corrected chi connectivity index (χ4v) is 2.18. The maximum absolute atomic E-state index is 12.0. The molecule has 2 aromatic rings. The second kappa shape index (κ2) is 7.27. The topological polar surface area (TPSA) is 44.1 Å². The molecule has 0 atom stereocenters. The smallest absolute Gasteiger partial charge is 0.271 e. The molecule has 0 saturated carbocycles. The number of hydrogen-bond donors (Lipinski definition) is 0. The summed E-state index contributed by atoms with van der Waals surface area (Å²) >= 11 is 5.84. The summed E-state index contributed by atoms with van der Waals surface area (Å²) in [5.41, 5.74) is 2.12. The van der Waals surface area contributed by atoms with E-state index in [2.05, 4.69) is 12.0 Å². The van der Waals surface area contributed by atoms with Crippen LogP contribution in [0.5, 0.6) is 5.75 Å². The highest BCUT2D eigenvalue weighted by Gasteiger charge is 2.08. The van der Waals surface area contributed by atoms with E-state index in [9.17, 15) is 4.79 Å². The molecule has 5 heteroatoms. The van der Waals surface area contributed by atoms with Crippen molar-refractivity contribution in [1.82, 2.24) is 9.78 Å². The molecule has 0 spiro atoms. The van der Waals surface area contributed by atoms with E-state index in [1.165, 1.54) is 4.68 Å². The molecule has 0 fully saturated rings. The van der Waals surface area contributed by atoms with E-state index in [0.29, 0.717) is 18.7 Å². The maximum Gasteiger partial charge on any atom is 0.271 e. The predicted octanol–water partition coefficient (Wildman–Crippen LogP) is 3.46. The van der Waals surface area contributed by atoms with Crippen molar-refractivity contribution in [2.45, 2.75) is 32.7 Å². The van der Waals surface area contributed by atoms with Crippen LogP contribution in [0, 0.1) is 0 Å². The Kier molecular flexibility index (Phi) is 5.39. The molecule has 4 nitrogen and oxygen atoms in total. The number of ether oxygens (including phenoxy) is 1. The van der Waals surface area contributed by atoms with E-state index in [0.717, 1.165) is 23.4 Å². The van der Waals surface area contributed by atoms with Gasteiger partial charge in [0, 0.05) is 17.7 Å². The van der Waals surface area contributed by atoms with E-state index in [4.69, 9.17) is 16.3 Å². The van der Waals surface area contributed by atoms with Crippen molar-refractivity contribution >= 4 is 11.6 Å². The molecule has 21 heavy (non-hydrogen) atoms. The number of benzene rings is 1. The molecule has 0 N–H and O–H groups in total. The molecular formula is C16H19ClN2O2. The van der Waals surface area contributed by atoms with Crippen molar-refractivity contribution in [2.75, 3.05) is 6.61 Å². The third-order valence-corrected chi connectivity index (χ3v) is 3.40. The predicted molar refractivity (Wildman–Crippen MR) is 85.0 cm³/mol. The van der Waals surface area contributed by atoms with Gasteiger partial charge in [-0.05, 0) is 43.7 Å². The molecule has 2 rings (SSSR count). The monoisotopic (exact) mass is 306 g/mol. The minimum atomic E-state index is -0.126. The molecule has 0 unspecified atom stereocenters. The molecule has 1 heterocycles. The van der Waals surface area contributed by atoms with Crippen molar-refractivity contribution < 1.29 is 4.74 Å². The Bertz CT molecular complexity index is 622. The van der Waals surface area contributed by atoms with Gasteiger partial charge in [-0.15, -0.1) is 11.6 Å². The molecule has 0 amide bonds. The van der Waals surface area contributed by atoms with Gasteiger partial charge in [0.25, 0.3) is 5.56 Å². The Morgan fingerprint density at radius 3 is 2.52 bits per heavy atom. The highest BCUT2D eigenvalue weighted by molar-refractivity contribution is 6.17. The van der Waals surface area contributed by atoms with Gasteiger partial charge in [0.15, 0.2) is 0 Å². The standard InChI is InChI=1S/C16H19ClN2O2/c1-3-9-21-14-7-5-12(6-8-14)15-10-13(11-17)16(20)19(4-2)18-15/h5-8,10H,3-4,9,11H2,1-2H3. The summed E-state index contributed by atoms with van der Waals surface area (Å²) in [6.07, 6.45) is 0.976. The summed E-state index contributed by atoms with van der Waals surface area (Å²) in [5.74, 6) is 1.02. The number of alkyl halides is 1. The van der Waals surface area contributed by atoms with Gasteiger partial charge in [-0.2, -0.15) is 5.10 Å². The number of rotatable bonds is 6. The zero-order valence-corrected chi connectivity index (χ0v) is 13.1. The van der Waals surface area contributed by atoms with Crippen LogP contribution in [0.25, 0.3) is 11.3 Å². The number of hydrogen-bond acceptors (Lipinski definition) is 3. The second-order valence-corrected chi connectivity index (χ2v) is 4.95. The lowest BCUT2D eigenvalue weighted by atomic mass is 10.1. The number of aryl methyl sites for hydroxylation is 1. The lowest BCUT2D eigenvalue weighted by molar-refractivity contribution is 0.317. The van der Waals surface area contributed by atoms with E-state index in [-0.39, 0.29) is 11.4 Å². The van der Waals surface area contributed by atoms with Crippen LogP contribution in [0.1, 0.15) is 25.8 Å². The Morgan fingerprint density at radius 2 is 1.95 bits per heavy atom. The first-order valence-electron chi connectivity index (χ1n) is 7.09. The fraction of sp³-hybridized carbons (Fsp3) is 0.375. The first kappa shape index (κ1) is 15.6. The van der Waals surface area contributed by atoms with Crippen LogP contribution < -0.4 is 10.3 Å². The zero-order valence-electron chi connectivity index (χ0n) is 12.3. The van der Waals surface area contributed by atoms with Crippen molar-refractivity contribution in [2.24, 2.45) is 0 Å². The normalized spacial score (nSPS) is 10.6. The van der Waals surface area contributed by atoms with E-state index < -0.39 is 0 Å². The van der Waals surface area contributed by atoms with Gasteiger partial charge < -0.3 is 4.74 Å². The highest BCUT2D eigenvalue weighted by Crippen LogP contribution is 2.21. The SMILES string of the molecule is CCCOc1ccc(-c2cc(CCl)c(=O)n(CC)n2)cc1. The zero-order chi connectivity index (χ0) is 15.2. The van der Waals surface area contributed by atoms with Crippen LogP contribution in [0.15, 0.2) is 35.1 Å². The largest absolute Gasteiger partial charge is 0.494 e. The molecule has 0 aliphatic rings. The summed E-state index contributed by atoms with van der Waals surface area (Å²) in [6, 6.07) is 9.46. The van der Waals surface area contributed by atoms with Crippen molar-refractivity contribution in [3.8, 4) is 17.0 Å². The molecule has 0 bridgehead atoms. The summed E-state index contributed by atoms with van der Waals surface area (Å²) in [7, 11) is 0. The molecular weight excluding hydrogens is 288 g/mol. The van der Waals surface area contributed by atoms with Crippen LogP contribution in [0.4, 0.5) is 0 Å². The molecule has 112 valence electrons. The molecule has 0 saturated heterocycles. The molecule has 0 radical (unpaired) electrons. The Morgan fingerprint density at radius 1 is 1.24 bits per heavy atom. The van der Waals surface area contributed by atoms with E-state index in [1.807, 2.05) is 31.2 Å². The molecule has 1 aromatic heterocycles. The number of halogens is 1. The first-order chi connectivity index (χ1) is 10.2. The number of nitrogens with zero attached hydrogens (tertiary/aromatic N) is 2. The van der Waals surface area contributed by atoms with Gasteiger partial charge in [-0.1, -0.05) is 6.92 Å². The average Bonchev–Trinajstić information content (AvgIpc) is 2.53. The third kappa shape index (κ3) is 3.64. The average molecular weight is 307 g/mol. The van der Waals surface area contributed by atoms with Crippen molar-refractivity contribution in [1.29, 1.82) is 0 Å². The molecule has 0 aliphatic heterocycles. The van der Waals surface area contributed by atoms with Crippen LogP contribution in [0.3, 0.4) is 0 Å². The molecule has 0 aliphatic carbocycles. The summed E-state index contributed by atoms with van der Waals surface area (Å²) in [6.45, 7) is 5.18. The lowest BCUT2D eigenvalue weighted by Crippen LogP contribution is -2.25. The van der Waals surface area contributed by atoms with Crippen molar-refractivity contribution in [3.05, 3.63) is 46.2 Å².